The van der Waals surface area contributed by atoms with Crippen LogP contribution < -0.4 is 25.4 Å². The zero-order valence-electron chi connectivity index (χ0n) is 19.4. The van der Waals surface area contributed by atoms with Crippen molar-refractivity contribution in [2.24, 2.45) is 10.7 Å². The highest BCUT2D eigenvalue weighted by Crippen LogP contribution is 2.27. The number of methoxy groups -OCH3 is 2. The topological polar surface area (TPSA) is 75.4 Å². The van der Waals surface area contributed by atoms with Crippen molar-refractivity contribution < 1.29 is 13.9 Å². The molecular weight excluding hydrogens is 536 g/mol. The number of guanidine groups is 1. The van der Waals surface area contributed by atoms with Crippen LogP contribution >= 0.6 is 24.0 Å². The number of hydrogen-bond donors (Lipinski definition) is 2. The molecule has 0 aliphatic carbocycles. The first-order valence-corrected chi connectivity index (χ1v) is 11.1. The van der Waals surface area contributed by atoms with Crippen LogP contribution in [0.5, 0.6) is 11.5 Å². The first-order valence-electron chi connectivity index (χ1n) is 11.1. The molecule has 1 heterocycles. The lowest BCUT2D eigenvalue weighted by Gasteiger charge is -2.36. The minimum Gasteiger partial charge on any atom is -0.493 e. The summed E-state index contributed by atoms with van der Waals surface area (Å²) in [6.07, 6.45) is 1.75. The molecule has 0 bridgehead atoms. The van der Waals surface area contributed by atoms with Crippen molar-refractivity contribution in [2.75, 3.05) is 64.9 Å². The van der Waals surface area contributed by atoms with Crippen molar-refractivity contribution in [3.63, 3.8) is 0 Å². The predicted molar refractivity (Wildman–Crippen MR) is 143 cm³/mol. The monoisotopic (exact) mass is 571 g/mol. The second-order valence-electron chi connectivity index (χ2n) is 7.77. The van der Waals surface area contributed by atoms with Crippen LogP contribution in [0.4, 0.5) is 10.1 Å². The Morgan fingerprint density at radius 2 is 1.79 bits per heavy atom. The van der Waals surface area contributed by atoms with Gasteiger partial charge in [-0.15, -0.1) is 24.0 Å². The molecule has 0 radical (unpaired) electrons. The molecule has 9 heteroatoms. The zero-order chi connectivity index (χ0) is 22.8. The van der Waals surface area contributed by atoms with Crippen LogP contribution in [0.25, 0.3) is 0 Å². The van der Waals surface area contributed by atoms with Gasteiger partial charge in [-0.1, -0.05) is 18.2 Å². The number of aliphatic imine (C=N–C) groups is 1. The number of nitrogens with one attached hydrogen (secondary N) is 1. The summed E-state index contributed by atoms with van der Waals surface area (Å²) in [5.41, 5.74) is 7.83. The highest BCUT2D eigenvalue weighted by Gasteiger charge is 2.18. The summed E-state index contributed by atoms with van der Waals surface area (Å²) < 4.78 is 24.5. The van der Waals surface area contributed by atoms with Gasteiger partial charge in [-0.05, 0) is 42.7 Å². The fourth-order valence-corrected chi connectivity index (χ4v) is 3.84. The maximum atomic E-state index is 13.9. The van der Waals surface area contributed by atoms with E-state index < -0.39 is 0 Å². The molecule has 0 unspecified atom stereocenters. The molecule has 3 rings (SSSR count). The van der Waals surface area contributed by atoms with E-state index in [9.17, 15) is 4.39 Å². The van der Waals surface area contributed by atoms with Crippen molar-refractivity contribution in [1.29, 1.82) is 0 Å². The fraction of sp³-hybridized carbons (Fsp3) is 0.458. The Balaban J connectivity index is 0.00000385. The lowest BCUT2D eigenvalue weighted by atomic mass is 10.1. The molecule has 33 heavy (non-hydrogen) atoms. The third kappa shape index (κ3) is 8.22. The standard InChI is InChI=1S/C24H34FN5O2.HI/c1-31-22-9-8-19(18-23(22)32-2)10-12-28-24(26)27-11-5-13-29-14-16-30(17-15-29)21-7-4-3-6-20(21)25;/h3-4,6-9,18H,5,10-17H2,1-2H3,(H3,26,27,28);1H. The van der Waals surface area contributed by atoms with Gasteiger partial charge in [-0.3, -0.25) is 9.89 Å². The largest absolute Gasteiger partial charge is 0.493 e. The highest BCUT2D eigenvalue weighted by atomic mass is 127. The lowest BCUT2D eigenvalue weighted by Crippen LogP contribution is -2.47. The number of nitrogens with zero attached hydrogens (tertiary/aromatic N) is 3. The number of piperazine rings is 1. The Morgan fingerprint density at radius 3 is 2.48 bits per heavy atom. The van der Waals surface area contributed by atoms with E-state index in [-0.39, 0.29) is 29.8 Å². The summed E-state index contributed by atoms with van der Waals surface area (Å²) >= 11 is 0. The third-order valence-electron chi connectivity index (χ3n) is 5.65. The lowest BCUT2D eigenvalue weighted by molar-refractivity contribution is 0.256. The summed E-state index contributed by atoms with van der Waals surface area (Å²) in [6.45, 7) is 5.88. The Bertz CT molecular complexity index is 891. The number of benzene rings is 2. The number of nitrogens with two attached hydrogens (primary N) is 1. The Morgan fingerprint density at radius 1 is 1.06 bits per heavy atom. The Labute approximate surface area is 213 Å². The van der Waals surface area contributed by atoms with Crippen LogP contribution in [0.3, 0.4) is 0 Å². The Kier molecular flexibility index (Phi) is 11.5. The summed E-state index contributed by atoms with van der Waals surface area (Å²) in [5, 5.41) is 3.16. The van der Waals surface area contributed by atoms with Crippen molar-refractivity contribution in [3.05, 3.63) is 53.8 Å². The van der Waals surface area contributed by atoms with E-state index in [0.717, 1.165) is 62.6 Å². The number of ether oxygens (including phenoxy) is 2. The molecule has 2 aromatic carbocycles. The fourth-order valence-electron chi connectivity index (χ4n) is 3.84. The number of anilines is 1. The average molecular weight is 571 g/mol. The van der Waals surface area contributed by atoms with Gasteiger partial charge in [0.2, 0.25) is 0 Å². The number of para-hydroxylation sites is 1. The van der Waals surface area contributed by atoms with E-state index in [1.54, 1.807) is 20.3 Å². The van der Waals surface area contributed by atoms with Crippen LogP contribution in [0.2, 0.25) is 0 Å². The average Bonchev–Trinajstić information content (AvgIpc) is 2.82. The van der Waals surface area contributed by atoms with Crippen LogP contribution in [0.1, 0.15) is 12.0 Å². The Hall–Kier alpha value is -2.27. The van der Waals surface area contributed by atoms with Crippen LogP contribution in [-0.4, -0.2) is 70.9 Å². The van der Waals surface area contributed by atoms with Gasteiger partial charge in [0.15, 0.2) is 17.5 Å². The van der Waals surface area contributed by atoms with Crippen LogP contribution in [0, 0.1) is 5.82 Å². The summed E-state index contributed by atoms with van der Waals surface area (Å²) in [5.74, 6) is 1.76. The minimum absolute atomic E-state index is 0. The molecule has 182 valence electrons. The SMILES string of the molecule is COc1ccc(CCNC(N)=NCCCN2CCN(c3ccccc3F)CC2)cc1OC.I. The van der Waals surface area contributed by atoms with Crippen LogP contribution in [0.15, 0.2) is 47.5 Å². The van der Waals surface area contributed by atoms with Gasteiger partial charge in [0.25, 0.3) is 0 Å². The molecule has 0 atom stereocenters. The third-order valence-corrected chi connectivity index (χ3v) is 5.65. The summed E-state index contributed by atoms with van der Waals surface area (Å²) in [6, 6.07) is 12.9. The molecule has 1 saturated heterocycles. The minimum atomic E-state index is -0.149. The molecular formula is C24H35FIN5O2. The van der Waals surface area contributed by atoms with Gasteiger partial charge < -0.3 is 25.4 Å². The first-order chi connectivity index (χ1) is 15.6. The second-order valence-corrected chi connectivity index (χ2v) is 7.77. The van der Waals surface area contributed by atoms with Crippen LogP contribution in [-0.2, 0) is 6.42 Å². The molecule has 0 saturated carbocycles. The van der Waals surface area contributed by atoms with Gasteiger partial charge >= 0.3 is 0 Å². The number of rotatable bonds is 10. The first kappa shape index (κ1) is 27.0. The van der Waals surface area contributed by atoms with Crippen molar-refractivity contribution in [2.45, 2.75) is 12.8 Å². The van der Waals surface area contributed by atoms with E-state index in [1.807, 2.05) is 30.3 Å². The van der Waals surface area contributed by atoms with Gasteiger partial charge in [0.1, 0.15) is 5.82 Å². The highest BCUT2D eigenvalue weighted by molar-refractivity contribution is 14.0. The van der Waals surface area contributed by atoms with Gasteiger partial charge in [-0.2, -0.15) is 0 Å². The number of hydrogen-bond acceptors (Lipinski definition) is 5. The maximum absolute atomic E-state index is 13.9. The molecule has 3 N–H and O–H groups in total. The zero-order valence-corrected chi connectivity index (χ0v) is 21.8. The predicted octanol–water partition coefficient (Wildman–Crippen LogP) is 3.12. The number of halogens is 2. The molecule has 0 amide bonds. The van der Waals surface area contributed by atoms with Gasteiger partial charge in [-0.25, -0.2) is 4.39 Å². The molecule has 2 aromatic rings. The van der Waals surface area contributed by atoms with E-state index in [4.69, 9.17) is 15.2 Å². The molecule has 1 aliphatic heterocycles. The van der Waals surface area contributed by atoms with Gasteiger partial charge in [0.05, 0.1) is 19.9 Å². The van der Waals surface area contributed by atoms with Crippen molar-refractivity contribution in [3.8, 4) is 11.5 Å². The molecule has 0 spiro atoms. The van der Waals surface area contributed by atoms with E-state index in [1.165, 1.54) is 6.07 Å². The normalized spacial score (nSPS) is 14.5. The molecule has 0 aromatic heterocycles. The van der Waals surface area contributed by atoms with E-state index >= 15 is 0 Å². The second kappa shape index (κ2) is 14.1. The van der Waals surface area contributed by atoms with Crippen molar-refractivity contribution >= 4 is 35.6 Å². The molecule has 1 aliphatic rings. The van der Waals surface area contributed by atoms with Crippen molar-refractivity contribution in [1.82, 2.24) is 10.2 Å². The maximum Gasteiger partial charge on any atom is 0.188 e. The van der Waals surface area contributed by atoms with E-state index in [2.05, 4.69) is 20.1 Å². The summed E-state index contributed by atoms with van der Waals surface area (Å²) in [4.78, 5) is 8.94. The van der Waals surface area contributed by atoms with Gasteiger partial charge in [0, 0.05) is 45.8 Å². The summed E-state index contributed by atoms with van der Waals surface area (Å²) in [7, 11) is 3.26. The van der Waals surface area contributed by atoms with E-state index in [0.29, 0.717) is 24.7 Å². The molecule has 1 fully saturated rings. The quantitative estimate of drug-likeness (QED) is 0.198. The smallest absolute Gasteiger partial charge is 0.188 e. The molecule has 7 nitrogen and oxygen atoms in total.